The first-order valence-corrected chi connectivity index (χ1v) is 7.15. The van der Waals surface area contributed by atoms with Crippen molar-refractivity contribution in [3.05, 3.63) is 35.9 Å². The van der Waals surface area contributed by atoms with Crippen molar-refractivity contribution in [2.75, 3.05) is 13.7 Å². The predicted octanol–water partition coefficient (Wildman–Crippen LogP) is 3.09. The lowest BCUT2D eigenvalue weighted by atomic mass is 9.74. The summed E-state index contributed by atoms with van der Waals surface area (Å²) in [5, 5.41) is 3.69. The van der Waals surface area contributed by atoms with Gasteiger partial charge in [0.1, 0.15) is 0 Å². The minimum Gasteiger partial charge on any atom is -0.377 e. The second-order valence-electron chi connectivity index (χ2n) is 5.90. The maximum Gasteiger partial charge on any atom is 0.0802 e. The molecule has 0 atom stereocenters. The highest BCUT2D eigenvalue weighted by Gasteiger charge is 2.38. The Hall–Kier alpha value is -0.860. The molecule has 2 aliphatic carbocycles. The highest BCUT2D eigenvalue weighted by atomic mass is 16.5. The van der Waals surface area contributed by atoms with Gasteiger partial charge in [-0.05, 0) is 43.6 Å². The molecule has 2 saturated carbocycles. The molecule has 0 heterocycles. The summed E-state index contributed by atoms with van der Waals surface area (Å²) >= 11 is 0. The molecule has 0 unspecified atom stereocenters. The molecule has 0 aliphatic heterocycles. The van der Waals surface area contributed by atoms with Crippen LogP contribution in [-0.2, 0) is 4.74 Å². The van der Waals surface area contributed by atoms with Crippen LogP contribution in [0.2, 0.25) is 0 Å². The number of nitrogens with one attached hydrogen (secondary N) is 1. The van der Waals surface area contributed by atoms with Crippen molar-refractivity contribution in [1.29, 1.82) is 0 Å². The van der Waals surface area contributed by atoms with E-state index in [0.29, 0.717) is 6.04 Å². The zero-order valence-electron chi connectivity index (χ0n) is 11.2. The first-order valence-electron chi connectivity index (χ1n) is 7.15. The van der Waals surface area contributed by atoms with Gasteiger partial charge in [0.2, 0.25) is 0 Å². The zero-order valence-corrected chi connectivity index (χ0v) is 11.2. The second kappa shape index (κ2) is 5.02. The van der Waals surface area contributed by atoms with Crippen LogP contribution in [0.5, 0.6) is 0 Å². The van der Waals surface area contributed by atoms with Gasteiger partial charge < -0.3 is 10.1 Å². The number of methoxy groups -OCH3 is 1. The van der Waals surface area contributed by atoms with E-state index >= 15 is 0 Å². The number of hydrogen-bond donors (Lipinski definition) is 1. The van der Waals surface area contributed by atoms with Crippen molar-refractivity contribution in [2.24, 2.45) is 0 Å². The fraction of sp³-hybridized carbons (Fsp3) is 0.625. The molecule has 3 rings (SSSR count). The highest BCUT2D eigenvalue weighted by molar-refractivity contribution is 5.22. The lowest BCUT2D eigenvalue weighted by Crippen LogP contribution is -2.52. The van der Waals surface area contributed by atoms with Crippen molar-refractivity contribution >= 4 is 0 Å². The summed E-state index contributed by atoms with van der Waals surface area (Å²) < 4.78 is 5.64. The third-order valence-corrected chi connectivity index (χ3v) is 4.82. The van der Waals surface area contributed by atoms with Gasteiger partial charge in [-0.1, -0.05) is 30.3 Å². The molecule has 0 amide bonds. The van der Waals surface area contributed by atoms with E-state index in [4.69, 9.17) is 4.74 Å². The fourth-order valence-electron chi connectivity index (χ4n) is 3.14. The molecule has 0 aromatic heterocycles. The Bertz CT molecular complexity index is 374. The van der Waals surface area contributed by atoms with Gasteiger partial charge in [-0.2, -0.15) is 0 Å². The van der Waals surface area contributed by atoms with Crippen LogP contribution in [-0.4, -0.2) is 25.3 Å². The smallest absolute Gasteiger partial charge is 0.0802 e. The van der Waals surface area contributed by atoms with Crippen LogP contribution in [0.25, 0.3) is 0 Å². The largest absolute Gasteiger partial charge is 0.377 e. The minimum absolute atomic E-state index is 0.165. The third kappa shape index (κ3) is 2.32. The molecule has 2 nitrogen and oxygen atoms in total. The van der Waals surface area contributed by atoms with Crippen LogP contribution in [0.15, 0.2) is 30.3 Å². The second-order valence-corrected chi connectivity index (χ2v) is 5.90. The Morgan fingerprint density at radius 1 is 1.22 bits per heavy atom. The quantitative estimate of drug-likeness (QED) is 0.860. The maximum absolute atomic E-state index is 5.64. The molecular formula is C16H23NO. The Balaban J connectivity index is 1.43. The summed E-state index contributed by atoms with van der Waals surface area (Å²) in [5.74, 6) is 0.767. The molecule has 0 spiro atoms. The standard InChI is InChI=1S/C16H23NO/c1-18-16(8-5-9-16)12-17-15-10-14(11-15)13-6-3-2-4-7-13/h2-4,6-7,14-15,17H,5,8-12H2,1H3. The van der Waals surface area contributed by atoms with Crippen molar-refractivity contribution in [3.63, 3.8) is 0 Å². The molecular weight excluding hydrogens is 222 g/mol. The number of benzene rings is 1. The molecule has 2 fully saturated rings. The van der Waals surface area contributed by atoms with E-state index in [9.17, 15) is 0 Å². The van der Waals surface area contributed by atoms with Crippen molar-refractivity contribution < 1.29 is 4.74 Å². The Morgan fingerprint density at radius 2 is 1.94 bits per heavy atom. The Labute approximate surface area is 110 Å². The van der Waals surface area contributed by atoms with E-state index < -0.39 is 0 Å². The van der Waals surface area contributed by atoms with Gasteiger partial charge in [0.25, 0.3) is 0 Å². The van der Waals surface area contributed by atoms with Gasteiger partial charge in [0.05, 0.1) is 5.60 Å². The number of ether oxygens (including phenoxy) is 1. The van der Waals surface area contributed by atoms with Gasteiger partial charge in [0, 0.05) is 19.7 Å². The summed E-state index contributed by atoms with van der Waals surface area (Å²) in [6.45, 7) is 1.04. The van der Waals surface area contributed by atoms with Crippen LogP contribution in [0.3, 0.4) is 0 Å². The lowest BCUT2D eigenvalue weighted by molar-refractivity contribution is -0.0724. The topological polar surface area (TPSA) is 21.3 Å². The van der Waals surface area contributed by atoms with Gasteiger partial charge in [-0.3, -0.25) is 0 Å². The molecule has 1 N–H and O–H groups in total. The monoisotopic (exact) mass is 245 g/mol. The van der Waals surface area contributed by atoms with Crippen molar-refractivity contribution in [1.82, 2.24) is 5.32 Å². The lowest BCUT2D eigenvalue weighted by Gasteiger charge is -2.44. The summed E-state index contributed by atoms with van der Waals surface area (Å²) in [4.78, 5) is 0. The molecule has 2 heteroatoms. The maximum atomic E-state index is 5.64. The number of rotatable bonds is 5. The van der Waals surface area contributed by atoms with E-state index in [1.807, 2.05) is 7.11 Å². The van der Waals surface area contributed by atoms with E-state index in [2.05, 4.69) is 35.6 Å². The highest BCUT2D eigenvalue weighted by Crippen LogP contribution is 2.38. The van der Waals surface area contributed by atoms with Crippen LogP contribution in [0.1, 0.15) is 43.6 Å². The van der Waals surface area contributed by atoms with Crippen molar-refractivity contribution in [3.8, 4) is 0 Å². The summed E-state index contributed by atoms with van der Waals surface area (Å²) in [5.41, 5.74) is 1.67. The van der Waals surface area contributed by atoms with E-state index in [-0.39, 0.29) is 5.60 Å². The van der Waals surface area contributed by atoms with Gasteiger partial charge in [-0.15, -0.1) is 0 Å². The molecule has 0 bridgehead atoms. The fourth-order valence-corrected chi connectivity index (χ4v) is 3.14. The minimum atomic E-state index is 0.165. The normalized spacial score (nSPS) is 29.4. The Kier molecular flexibility index (Phi) is 3.40. The summed E-state index contributed by atoms with van der Waals surface area (Å²) in [6.07, 6.45) is 6.34. The Morgan fingerprint density at radius 3 is 2.50 bits per heavy atom. The van der Waals surface area contributed by atoms with E-state index in [0.717, 1.165) is 12.5 Å². The average molecular weight is 245 g/mol. The molecule has 0 saturated heterocycles. The molecule has 18 heavy (non-hydrogen) atoms. The van der Waals surface area contributed by atoms with Gasteiger partial charge >= 0.3 is 0 Å². The first kappa shape index (κ1) is 12.2. The summed E-state index contributed by atoms with van der Waals surface area (Å²) in [6, 6.07) is 11.6. The third-order valence-electron chi connectivity index (χ3n) is 4.82. The van der Waals surface area contributed by atoms with Crippen LogP contribution in [0.4, 0.5) is 0 Å². The van der Waals surface area contributed by atoms with Crippen molar-refractivity contribution in [2.45, 2.75) is 49.7 Å². The van der Waals surface area contributed by atoms with Gasteiger partial charge in [0.15, 0.2) is 0 Å². The first-order chi connectivity index (χ1) is 8.81. The van der Waals surface area contributed by atoms with Crippen LogP contribution in [0, 0.1) is 0 Å². The predicted molar refractivity (Wildman–Crippen MR) is 73.8 cm³/mol. The van der Waals surface area contributed by atoms with E-state index in [1.54, 1.807) is 0 Å². The van der Waals surface area contributed by atoms with E-state index in [1.165, 1.54) is 37.7 Å². The van der Waals surface area contributed by atoms with Crippen LogP contribution >= 0.6 is 0 Å². The average Bonchev–Trinajstić information content (AvgIpc) is 2.31. The molecule has 1 aromatic carbocycles. The zero-order chi connectivity index (χ0) is 12.4. The SMILES string of the molecule is COC1(CNC2CC(c3ccccc3)C2)CCC1. The number of hydrogen-bond acceptors (Lipinski definition) is 2. The molecule has 0 radical (unpaired) electrons. The molecule has 1 aromatic rings. The molecule has 2 aliphatic rings. The summed E-state index contributed by atoms with van der Waals surface area (Å²) in [7, 11) is 1.86. The van der Waals surface area contributed by atoms with Gasteiger partial charge in [-0.25, -0.2) is 0 Å². The van der Waals surface area contributed by atoms with Crippen LogP contribution < -0.4 is 5.32 Å². The molecule has 98 valence electrons.